The Morgan fingerprint density at radius 3 is 1.66 bits per heavy atom. The van der Waals surface area contributed by atoms with Crippen LogP contribution in [0, 0.1) is 0 Å². The molecule has 0 N–H and O–H groups in total. The van der Waals surface area contributed by atoms with Crippen molar-refractivity contribution in [3.63, 3.8) is 0 Å². The van der Waals surface area contributed by atoms with Crippen LogP contribution in [0.2, 0.25) is 0 Å². The first-order valence-corrected chi connectivity index (χ1v) is 10.7. The minimum absolute atomic E-state index is 0.173. The Bertz CT molecular complexity index is 933. The number of ether oxygens (including phenoxy) is 4. The standard InChI is InChI=1S/C27H30O5/c1-5-24(19-31-20(2)28)32-27(21-9-7-6-8-10-21,22-11-15-25(29-3)16-12-22)23-13-17-26(30-4)18-14-23/h6-18,24H,5,19H2,1-4H3. The Balaban J connectivity index is 2.21. The summed E-state index contributed by atoms with van der Waals surface area (Å²) in [6.07, 6.45) is 0.358. The highest BCUT2D eigenvalue weighted by molar-refractivity contribution is 5.65. The van der Waals surface area contributed by atoms with Gasteiger partial charge in [-0.25, -0.2) is 0 Å². The van der Waals surface area contributed by atoms with E-state index in [1.165, 1.54) is 6.92 Å². The summed E-state index contributed by atoms with van der Waals surface area (Å²) < 4.78 is 23.0. The highest BCUT2D eigenvalue weighted by Crippen LogP contribution is 2.42. The van der Waals surface area contributed by atoms with Gasteiger partial charge in [0.05, 0.1) is 20.3 Å². The molecule has 0 saturated carbocycles. The molecule has 0 radical (unpaired) electrons. The zero-order valence-corrected chi connectivity index (χ0v) is 19.0. The predicted octanol–water partition coefficient (Wildman–Crippen LogP) is 5.35. The molecule has 0 amide bonds. The van der Waals surface area contributed by atoms with Crippen molar-refractivity contribution in [2.75, 3.05) is 20.8 Å². The van der Waals surface area contributed by atoms with E-state index in [1.54, 1.807) is 14.2 Å². The molecule has 0 heterocycles. The Morgan fingerprint density at radius 1 is 0.781 bits per heavy atom. The first-order valence-electron chi connectivity index (χ1n) is 10.7. The molecule has 0 spiro atoms. The Labute approximate surface area is 189 Å². The van der Waals surface area contributed by atoms with E-state index in [1.807, 2.05) is 85.8 Å². The van der Waals surface area contributed by atoms with Crippen LogP contribution in [0.5, 0.6) is 11.5 Å². The molecule has 168 valence electrons. The SMILES string of the molecule is CCC(COC(C)=O)OC(c1ccccc1)(c1ccc(OC)cc1)c1ccc(OC)cc1. The van der Waals surface area contributed by atoms with Gasteiger partial charge >= 0.3 is 5.97 Å². The summed E-state index contributed by atoms with van der Waals surface area (Å²) in [6.45, 7) is 3.60. The number of carbonyl (C=O) groups excluding carboxylic acids is 1. The second-order valence-corrected chi connectivity index (χ2v) is 7.45. The molecule has 1 unspecified atom stereocenters. The number of hydrogen-bond donors (Lipinski definition) is 0. The van der Waals surface area contributed by atoms with Crippen LogP contribution in [0.1, 0.15) is 37.0 Å². The van der Waals surface area contributed by atoms with Crippen molar-refractivity contribution in [2.24, 2.45) is 0 Å². The summed E-state index contributed by atoms with van der Waals surface area (Å²) in [5.74, 6) is 1.20. The monoisotopic (exact) mass is 434 g/mol. The fraction of sp³-hybridized carbons (Fsp3) is 0.296. The molecule has 0 aliphatic heterocycles. The summed E-state index contributed by atoms with van der Waals surface area (Å²) in [5, 5.41) is 0. The molecule has 0 aromatic heterocycles. The number of methoxy groups -OCH3 is 2. The molecule has 5 heteroatoms. The third-order valence-electron chi connectivity index (χ3n) is 5.44. The highest BCUT2D eigenvalue weighted by atomic mass is 16.6. The normalized spacial score (nSPS) is 12.1. The molecule has 0 aliphatic carbocycles. The second-order valence-electron chi connectivity index (χ2n) is 7.45. The number of carbonyl (C=O) groups is 1. The molecule has 3 aromatic rings. The average Bonchev–Trinajstić information content (AvgIpc) is 2.85. The molecule has 0 fully saturated rings. The van der Waals surface area contributed by atoms with E-state index in [0.29, 0.717) is 6.42 Å². The lowest BCUT2D eigenvalue weighted by atomic mass is 9.79. The largest absolute Gasteiger partial charge is 0.497 e. The summed E-state index contributed by atoms with van der Waals surface area (Å²) in [6, 6.07) is 25.8. The van der Waals surface area contributed by atoms with Gasteiger partial charge in [-0.2, -0.15) is 0 Å². The van der Waals surface area contributed by atoms with Crippen LogP contribution in [0.15, 0.2) is 78.9 Å². The van der Waals surface area contributed by atoms with E-state index >= 15 is 0 Å². The van der Waals surface area contributed by atoms with E-state index in [9.17, 15) is 4.79 Å². The maximum Gasteiger partial charge on any atom is 0.302 e. The smallest absolute Gasteiger partial charge is 0.302 e. The Morgan fingerprint density at radius 2 is 1.25 bits per heavy atom. The van der Waals surface area contributed by atoms with Gasteiger partial charge in [0, 0.05) is 6.92 Å². The highest BCUT2D eigenvalue weighted by Gasteiger charge is 2.40. The molecule has 0 bridgehead atoms. The quantitative estimate of drug-likeness (QED) is 0.318. The minimum Gasteiger partial charge on any atom is -0.497 e. The molecule has 0 saturated heterocycles. The summed E-state index contributed by atoms with van der Waals surface area (Å²) in [5.41, 5.74) is 1.92. The van der Waals surface area contributed by atoms with Crippen molar-refractivity contribution in [1.29, 1.82) is 0 Å². The first kappa shape index (κ1) is 23.4. The molecule has 3 rings (SSSR count). The van der Waals surface area contributed by atoms with E-state index in [-0.39, 0.29) is 18.7 Å². The van der Waals surface area contributed by atoms with Crippen molar-refractivity contribution in [1.82, 2.24) is 0 Å². The third-order valence-corrected chi connectivity index (χ3v) is 5.44. The second kappa shape index (κ2) is 10.8. The van der Waals surface area contributed by atoms with E-state index in [0.717, 1.165) is 28.2 Å². The topological polar surface area (TPSA) is 54.0 Å². The molecular weight excluding hydrogens is 404 g/mol. The van der Waals surface area contributed by atoms with Gasteiger partial charge < -0.3 is 18.9 Å². The summed E-state index contributed by atoms with van der Waals surface area (Å²) >= 11 is 0. The van der Waals surface area contributed by atoms with Gasteiger partial charge in [0.1, 0.15) is 23.7 Å². The fourth-order valence-electron chi connectivity index (χ4n) is 3.72. The van der Waals surface area contributed by atoms with Gasteiger partial charge in [-0.1, -0.05) is 61.5 Å². The van der Waals surface area contributed by atoms with Crippen LogP contribution in [0.3, 0.4) is 0 Å². The maximum absolute atomic E-state index is 11.5. The van der Waals surface area contributed by atoms with Crippen LogP contribution < -0.4 is 9.47 Å². The van der Waals surface area contributed by atoms with E-state index < -0.39 is 5.60 Å². The van der Waals surface area contributed by atoms with Gasteiger partial charge in [-0.05, 0) is 47.4 Å². The Hall–Kier alpha value is -3.31. The molecular formula is C27H30O5. The first-order chi connectivity index (χ1) is 15.5. The lowest BCUT2D eigenvalue weighted by molar-refractivity contribution is -0.149. The molecule has 3 aromatic carbocycles. The Kier molecular flexibility index (Phi) is 7.90. The van der Waals surface area contributed by atoms with Crippen molar-refractivity contribution in [3.8, 4) is 11.5 Å². The van der Waals surface area contributed by atoms with Crippen LogP contribution >= 0.6 is 0 Å². The van der Waals surface area contributed by atoms with Gasteiger partial charge in [0.25, 0.3) is 0 Å². The van der Waals surface area contributed by atoms with Crippen molar-refractivity contribution < 1.29 is 23.7 Å². The average molecular weight is 435 g/mol. The van der Waals surface area contributed by atoms with Crippen LogP contribution in [-0.2, 0) is 19.9 Å². The number of benzene rings is 3. The van der Waals surface area contributed by atoms with Gasteiger partial charge in [-0.15, -0.1) is 0 Å². The minimum atomic E-state index is -0.930. The van der Waals surface area contributed by atoms with Crippen LogP contribution in [-0.4, -0.2) is 32.9 Å². The van der Waals surface area contributed by atoms with E-state index in [2.05, 4.69) is 0 Å². The summed E-state index contributed by atoms with van der Waals surface area (Å²) in [4.78, 5) is 11.5. The lowest BCUT2D eigenvalue weighted by Gasteiger charge is -2.39. The summed E-state index contributed by atoms with van der Waals surface area (Å²) in [7, 11) is 3.29. The molecule has 32 heavy (non-hydrogen) atoms. The van der Waals surface area contributed by atoms with Crippen molar-refractivity contribution >= 4 is 5.97 Å². The molecule has 0 aliphatic rings. The zero-order chi connectivity index (χ0) is 23.0. The third kappa shape index (κ3) is 5.11. The van der Waals surface area contributed by atoms with E-state index in [4.69, 9.17) is 18.9 Å². The zero-order valence-electron chi connectivity index (χ0n) is 19.0. The maximum atomic E-state index is 11.5. The molecule has 1 atom stereocenters. The predicted molar refractivity (Wildman–Crippen MR) is 124 cm³/mol. The van der Waals surface area contributed by atoms with Gasteiger partial charge in [0.2, 0.25) is 0 Å². The number of hydrogen-bond acceptors (Lipinski definition) is 5. The van der Waals surface area contributed by atoms with Crippen molar-refractivity contribution in [2.45, 2.75) is 32.0 Å². The number of rotatable bonds is 10. The lowest BCUT2D eigenvalue weighted by Crippen LogP contribution is -2.38. The fourth-order valence-corrected chi connectivity index (χ4v) is 3.72. The van der Waals surface area contributed by atoms with Crippen LogP contribution in [0.4, 0.5) is 0 Å². The van der Waals surface area contributed by atoms with Gasteiger partial charge in [-0.3, -0.25) is 4.79 Å². The van der Waals surface area contributed by atoms with Crippen LogP contribution in [0.25, 0.3) is 0 Å². The molecule has 5 nitrogen and oxygen atoms in total. The van der Waals surface area contributed by atoms with Crippen molar-refractivity contribution in [3.05, 3.63) is 95.6 Å². The van der Waals surface area contributed by atoms with Gasteiger partial charge in [0.15, 0.2) is 0 Å². The number of esters is 1.